The maximum atomic E-state index is 12.8. The highest BCUT2D eigenvalue weighted by Crippen LogP contribution is 2.26. The average molecular weight is 460 g/mol. The lowest BCUT2D eigenvalue weighted by atomic mass is 10.0. The quantitative estimate of drug-likeness (QED) is 0.499. The van der Waals surface area contributed by atoms with Crippen LogP contribution in [0.3, 0.4) is 0 Å². The van der Waals surface area contributed by atoms with Crippen molar-refractivity contribution in [2.45, 2.75) is 31.9 Å². The highest BCUT2D eigenvalue weighted by molar-refractivity contribution is 5.91. The largest absolute Gasteiger partial charge is 0.497 e. The highest BCUT2D eigenvalue weighted by Gasteiger charge is 2.24. The van der Waals surface area contributed by atoms with Gasteiger partial charge in [-0.15, -0.1) is 0 Å². The van der Waals surface area contributed by atoms with E-state index in [-0.39, 0.29) is 24.3 Å². The minimum atomic E-state index is -0.265. The Kier molecular flexibility index (Phi) is 7.84. The Hall–Kier alpha value is -3.76. The van der Waals surface area contributed by atoms with Crippen LogP contribution in [-0.2, 0) is 6.61 Å². The summed E-state index contributed by atoms with van der Waals surface area (Å²) in [6.45, 7) is 2.64. The number of hydrogen-bond donors (Lipinski definition) is 1. The number of para-hydroxylation sites is 1. The van der Waals surface area contributed by atoms with Crippen LogP contribution in [-0.4, -0.2) is 37.6 Å². The molecule has 0 saturated carbocycles. The summed E-state index contributed by atoms with van der Waals surface area (Å²) in [6, 6.07) is 20.6. The summed E-state index contributed by atoms with van der Waals surface area (Å²) in [4.78, 5) is 15.3. The molecule has 4 rings (SSSR count). The van der Waals surface area contributed by atoms with Crippen LogP contribution in [0.4, 0.5) is 0 Å². The Balaban J connectivity index is 1.38. The number of nitrogens with one attached hydrogen (secondary N) is 1. The van der Waals surface area contributed by atoms with Gasteiger partial charge in [-0.3, -0.25) is 9.69 Å². The van der Waals surface area contributed by atoms with Crippen LogP contribution < -0.4 is 14.8 Å². The van der Waals surface area contributed by atoms with Crippen molar-refractivity contribution in [2.24, 2.45) is 0 Å². The SMILES string of the molecule is COc1ccc(C(CNC(=O)c2ccc(COc3ccccc3C#N)o2)N2CCCCC2)cc1. The summed E-state index contributed by atoms with van der Waals surface area (Å²) in [5, 5.41) is 12.2. The molecule has 176 valence electrons. The van der Waals surface area contributed by atoms with Crippen LogP contribution in [0.2, 0.25) is 0 Å². The topological polar surface area (TPSA) is 87.7 Å². The summed E-state index contributed by atoms with van der Waals surface area (Å²) in [7, 11) is 1.66. The smallest absolute Gasteiger partial charge is 0.287 e. The van der Waals surface area contributed by atoms with Gasteiger partial charge in [0.1, 0.15) is 29.9 Å². The molecule has 0 aliphatic carbocycles. The highest BCUT2D eigenvalue weighted by atomic mass is 16.5. The molecule has 2 heterocycles. The molecule has 3 aromatic rings. The first-order chi connectivity index (χ1) is 16.7. The van der Waals surface area contributed by atoms with E-state index in [2.05, 4.69) is 28.4 Å². The number of nitrogens with zero attached hydrogens (tertiary/aromatic N) is 2. The third kappa shape index (κ3) is 5.77. The lowest BCUT2D eigenvalue weighted by Crippen LogP contribution is -2.40. The van der Waals surface area contributed by atoms with Crippen molar-refractivity contribution in [1.82, 2.24) is 10.2 Å². The monoisotopic (exact) mass is 459 g/mol. The van der Waals surface area contributed by atoms with E-state index in [0.29, 0.717) is 23.6 Å². The van der Waals surface area contributed by atoms with Gasteiger partial charge in [0.25, 0.3) is 5.91 Å². The van der Waals surface area contributed by atoms with Crippen LogP contribution in [0.1, 0.15) is 52.7 Å². The van der Waals surface area contributed by atoms with Gasteiger partial charge in [0.05, 0.1) is 18.7 Å². The molecular formula is C27H29N3O4. The van der Waals surface area contributed by atoms with Gasteiger partial charge in [0, 0.05) is 6.54 Å². The number of benzene rings is 2. The van der Waals surface area contributed by atoms with Crippen LogP contribution in [0.5, 0.6) is 11.5 Å². The van der Waals surface area contributed by atoms with E-state index in [9.17, 15) is 10.1 Å². The molecule has 1 fully saturated rings. The van der Waals surface area contributed by atoms with Gasteiger partial charge in [-0.05, 0) is 67.9 Å². The average Bonchev–Trinajstić information content (AvgIpc) is 3.38. The summed E-state index contributed by atoms with van der Waals surface area (Å²) in [5.41, 5.74) is 1.60. The number of amides is 1. The zero-order valence-corrected chi connectivity index (χ0v) is 19.3. The number of ether oxygens (including phenoxy) is 2. The Bertz CT molecular complexity index is 1130. The summed E-state index contributed by atoms with van der Waals surface area (Å²) in [5.74, 6) is 1.78. The predicted octanol–water partition coefficient (Wildman–Crippen LogP) is 4.70. The second-order valence-electron chi connectivity index (χ2n) is 8.26. The molecule has 1 aliphatic heterocycles. The molecule has 34 heavy (non-hydrogen) atoms. The molecule has 1 amide bonds. The van der Waals surface area contributed by atoms with Crippen LogP contribution in [0.15, 0.2) is 65.1 Å². The third-order valence-corrected chi connectivity index (χ3v) is 6.05. The fraction of sp³-hybridized carbons (Fsp3) is 0.333. The number of carbonyl (C=O) groups excluding carboxylic acids is 1. The van der Waals surface area contributed by atoms with Crippen LogP contribution >= 0.6 is 0 Å². The molecule has 1 aromatic heterocycles. The molecule has 0 bridgehead atoms. The lowest BCUT2D eigenvalue weighted by molar-refractivity contribution is 0.0893. The minimum Gasteiger partial charge on any atom is -0.497 e. The number of hydrogen-bond acceptors (Lipinski definition) is 6. The molecule has 0 radical (unpaired) electrons. The van der Waals surface area contributed by atoms with Crippen LogP contribution in [0.25, 0.3) is 0 Å². The second-order valence-corrected chi connectivity index (χ2v) is 8.26. The standard InChI is InChI=1S/C27H29N3O4/c1-32-22-11-9-20(10-12-22)24(30-15-5-2-6-16-30)18-29-27(31)26-14-13-23(34-26)19-33-25-8-4-3-7-21(25)17-28/h3-4,7-14,24H,2,5-6,15-16,18-19H2,1H3,(H,29,31). The van der Waals surface area contributed by atoms with Gasteiger partial charge in [0.15, 0.2) is 5.76 Å². The zero-order chi connectivity index (χ0) is 23.8. The molecule has 1 atom stereocenters. The van der Waals surface area contributed by atoms with Gasteiger partial charge < -0.3 is 19.2 Å². The van der Waals surface area contributed by atoms with E-state index >= 15 is 0 Å². The molecule has 1 unspecified atom stereocenters. The maximum Gasteiger partial charge on any atom is 0.287 e. The van der Waals surface area contributed by atoms with E-state index in [1.165, 1.54) is 6.42 Å². The Morgan fingerprint density at radius 2 is 1.85 bits per heavy atom. The predicted molar refractivity (Wildman–Crippen MR) is 128 cm³/mol. The number of piperidine rings is 1. The summed E-state index contributed by atoms with van der Waals surface area (Å²) >= 11 is 0. The van der Waals surface area contributed by atoms with Gasteiger partial charge in [-0.1, -0.05) is 30.7 Å². The number of carbonyl (C=O) groups is 1. The molecule has 0 spiro atoms. The second kappa shape index (κ2) is 11.4. The number of methoxy groups -OCH3 is 1. The molecule has 2 aromatic carbocycles. The molecule has 1 aliphatic rings. The van der Waals surface area contributed by atoms with Crippen molar-refractivity contribution >= 4 is 5.91 Å². The first kappa shape index (κ1) is 23.4. The van der Waals surface area contributed by atoms with Crippen molar-refractivity contribution in [3.63, 3.8) is 0 Å². The first-order valence-corrected chi connectivity index (χ1v) is 11.5. The Labute approximate surface area is 199 Å². The van der Waals surface area contributed by atoms with Crippen molar-refractivity contribution < 1.29 is 18.7 Å². The first-order valence-electron chi connectivity index (χ1n) is 11.5. The summed E-state index contributed by atoms with van der Waals surface area (Å²) in [6.07, 6.45) is 3.57. The normalized spacial score (nSPS) is 14.7. The lowest BCUT2D eigenvalue weighted by Gasteiger charge is -2.35. The van der Waals surface area contributed by atoms with E-state index in [4.69, 9.17) is 13.9 Å². The number of likely N-dealkylation sites (tertiary alicyclic amines) is 1. The molecule has 1 saturated heterocycles. The van der Waals surface area contributed by atoms with E-state index in [1.807, 2.05) is 12.1 Å². The molecular weight excluding hydrogens is 430 g/mol. The fourth-order valence-corrected chi connectivity index (χ4v) is 4.20. The van der Waals surface area contributed by atoms with Crippen molar-refractivity contribution in [3.8, 4) is 17.6 Å². The molecule has 1 N–H and O–H groups in total. The van der Waals surface area contributed by atoms with Gasteiger partial charge in [-0.25, -0.2) is 0 Å². The Morgan fingerprint density at radius 3 is 2.59 bits per heavy atom. The minimum absolute atomic E-state index is 0.0791. The Morgan fingerprint density at radius 1 is 1.09 bits per heavy atom. The van der Waals surface area contributed by atoms with Gasteiger partial charge >= 0.3 is 0 Å². The number of rotatable bonds is 9. The van der Waals surface area contributed by atoms with Gasteiger partial charge in [-0.2, -0.15) is 5.26 Å². The summed E-state index contributed by atoms with van der Waals surface area (Å²) < 4.78 is 16.7. The third-order valence-electron chi connectivity index (χ3n) is 6.05. The van der Waals surface area contributed by atoms with E-state index in [0.717, 1.165) is 37.2 Å². The maximum absolute atomic E-state index is 12.8. The van der Waals surface area contributed by atoms with Crippen molar-refractivity contribution in [3.05, 3.63) is 83.3 Å². The van der Waals surface area contributed by atoms with Crippen molar-refractivity contribution in [2.75, 3.05) is 26.7 Å². The van der Waals surface area contributed by atoms with Gasteiger partial charge in [0.2, 0.25) is 0 Å². The van der Waals surface area contributed by atoms with Crippen molar-refractivity contribution in [1.29, 1.82) is 5.26 Å². The fourth-order valence-electron chi connectivity index (χ4n) is 4.20. The van der Waals surface area contributed by atoms with E-state index in [1.54, 1.807) is 43.5 Å². The molecule has 7 heteroatoms. The number of nitriles is 1. The number of furan rings is 1. The van der Waals surface area contributed by atoms with Crippen LogP contribution in [0, 0.1) is 11.3 Å². The van der Waals surface area contributed by atoms with E-state index < -0.39 is 0 Å². The zero-order valence-electron chi connectivity index (χ0n) is 19.3. The molecule has 7 nitrogen and oxygen atoms in total.